The number of hydrogen-bond acceptors (Lipinski definition) is 0. The van der Waals surface area contributed by atoms with Crippen molar-refractivity contribution in [2.75, 3.05) is 0 Å². The molecule has 0 saturated carbocycles. The Morgan fingerprint density at radius 2 is 0.783 bits per heavy atom. The van der Waals surface area contributed by atoms with Crippen LogP contribution in [0.15, 0.2) is 0 Å². The Balaban J connectivity index is 3.28. The fourth-order valence-electron chi connectivity index (χ4n) is 3.54. The molecule has 0 heterocycles. The van der Waals surface area contributed by atoms with Gasteiger partial charge in [-0.1, -0.05) is 143 Å². The Kier molecular flexibility index (Phi) is 20.0. The molecule has 0 spiro atoms. The van der Waals surface area contributed by atoms with E-state index in [0.29, 0.717) is 0 Å². The summed E-state index contributed by atoms with van der Waals surface area (Å²) in [5.74, 6) is 1.01. The minimum Gasteiger partial charge on any atom is -0.0651 e. The van der Waals surface area contributed by atoms with Crippen molar-refractivity contribution in [1.29, 1.82) is 0 Å². The molecule has 0 rings (SSSR count). The highest BCUT2D eigenvalue weighted by atomic mass is 14.1. The van der Waals surface area contributed by atoms with Gasteiger partial charge in [-0.05, 0) is 5.92 Å². The normalized spacial score (nSPS) is 12.7. The van der Waals surface area contributed by atoms with Gasteiger partial charge in [0.25, 0.3) is 0 Å². The molecule has 0 nitrogen and oxygen atoms in total. The third kappa shape index (κ3) is 18.2. The maximum Gasteiger partial charge on any atom is -0.0417 e. The summed E-state index contributed by atoms with van der Waals surface area (Å²) in [5, 5.41) is 0. The van der Waals surface area contributed by atoms with E-state index in [1.165, 1.54) is 109 Å². The molecule has 1 atom stereocenters. The van der Waals surface area contributed by atoms with Gasteiger partial charge >= 0.3 is 0 Å². The molecule has 0 saturated heterocycles. The first-order valence-electron chi connectivity index (χ1n) is 10.9. The Labute approximate surface area is 149 Å². The Hall–Kier alpha value is 0. The molecule has 0 N–H and O–H groups in total. The molecular formula is C23H46. The van der Waals surface area contributed by atoms with Crippen LogP contribution in [0.3, 0.4) is 0 Å². The van der Waals surface area contributed by atoms with Gasteiger partial charge in [0.2, 0.25) is 0 Å². The van der Waals surface area contributed by atoms with Gasteiger partial charge in [0.05, 0.1) is 0 Å². The fourth-order valence-corrected chi connectivity index (χ4v) is 3.54. The van der Waals surface area contributed by atoms with Gasteiger partial charge in [-0.25, -0.2) is 0 Å². The first-order chi connectivity index (χ1) is 11.3. The van der Waals surface area contributed by atoms with Crippen LogP contribution in [0.25, 0.3) is 0 Å². The van der Waals surface area contributed by atoms with Crippen molar-refractivity contribution >= 4 is 0 Å². The molecule has 0 aromatic rings. The van der Waals surface area contributed by atoms with Gasteiger partial charge in [-0.2, -0.15) is 0 Å². The van der Waals surface area contributed by atoms with Crippen molar-refractivity contribution < 1.29 is 0 Å². The zero-order chi connectivity index (χ0) is 17.0. The molecule has 0 amide bonds. The third-order valence-electron chi connectivity index (χ3n) is 5.30. The predicted octanol–water partition coefficient (Wildman–Crippen LogP) is 8.70. The van der Waals surface area contributed by atoms with Crippen molar-refractivity contribution in [1.82, 2.24) is 0 Å². The Bertz CT molecular complexity index is 196. The van der Waals surface area contributed by atoms with Crippen LogP contribution in [-0.2, 0) is 0 Å². The second-order valence-corrected chi connectivity index (χ2v) is 7.51. The van der Waals surface area contributed by atoms with E-state index in [0.717, 1.165) is 18.8 Å². The summed E-state index contributed by atoms with van der Waals surface area (Å²) in [5.41, 5.74) is 0. The SMILES string of the molecule is [CH2]CCCCCCCCCCC(CC)CCCCCCCC[CH2]. The minimum atomic E-state index is 1.01. The lowest BCUT2D eigenvalue weighted by atomic mass is 9.92. The monoisotopic (exact) mass is 322 g/mol. The molecule has 0 aliphatic heterocycles. The van der Waals surface area contributed by atoms with E-state index in [-0.39, 0.29) is 0 Å². The lowest BCUT2D eigenvalue weighted by Gasteiger charge is -2.14. The summed E-state index contributed by atoms with van der Waals surface area (Å²) in [4.78, 5) is 0. The van der Waals surface area contributed by atoms with Gasteiger partial charge < -0.3 is 0 Å². The highest BCUT2D eigenvalue weighted by Gasteiger charge is 2.05. The molecule has 0 bridgehead atoms. The summed E-state index contributed by atoms with van der Waals surface area (Å²) >= 11 is 0. The summed E-state index contributed by atoms with van der Waals surface area (Å²) in [7, 11) is 0. The van der Waals surface area contributed by atoms with E-state index in [1.807, 2.05) is 0 Å². The van der Waals surface area contributed by atoms with Crippen LogP contribution >= 0.6 is 0 Å². The highest BCUT2D eigenvalue weighted by Crippen LogP contribution is 2.21. The van der Waals surface area contributed by atoms with Crippen LogP contribution in [0, 0.1) is 19.8 Å². The topological polar surface area (TPSA) is 0 Å². The standard InChI is InChI=1S/C23H46/c1-4-7-9-11-13-14-16-18-20-22-23(6-3)21-19-17-15-12-10-8-5-2/h23H,1-2,4-22H2,3H3. The van der Waals surface area contributed by atoms with E-state index in [9.17, 15) is 0 Å². The molecule has 0 fully saturated rings. The van der Waals surface area contributed by atoms with E-state index in [4.69, 9.17) is 0 Å². The first-order valence-corrected chi connectivity index (χ1v) is 10.9. The van der Waals surface area contributed by atoms with Crippen molar-refractivity contribution in [2.45, 2.75) is 129 Å². The summed E-state index contributed by atoms with van der Waals surface area (Å²) in [6.45, 7) is 10.2. The van der Waals surface area contributed by atoms with E-state index in [2.05, 4.69) is 20.8 Å². The van der Waals surface area contributed by atoms with Crippen LogP contribution < -0.4 is 0 Å². The maximum atomic E-state index is 3.92. The predicted molar refractivity (Wildman–Crippen MR) is 108 cm³/mol. The van der Waals surface area contributed by atoms with Gasteiger partial charge in [-0.15, -0.1) is 0 Å². The minimum absolute atomic E-state index is 1.01. The third-order valence-corrected chi connectivity index (χ3v) is 5.30. The Morgan fingerprint density at radius 3 is 1.09 bits per heavy atom. The second-order valence-electron chi connectivity index (χ2n) is 7.51. The summed E-state index contributed by atoms with van der Waals surface area (Å²) < 4.78 is 0. The molecule has 1 unspecified atom stereocenters. The molecule has 0 aliphatic carbocycles. The van der Waals surface area contributed by atoms with Gasteiger partial charge in [0, 0.05) is 0 Å². The molecule has 23 heavy (non-hydrogen) atoms. The van der Waals surface area contributed by atoms with Crippen molar-refractivity contribution in [2.24, 2.45) is 5.92 Å². The van der Waals surface area contributed by atoms with Gasteiger partial charge in [-0.3, -0.25) is 0 Å². The van der Waals surface area contributed by atoms with Crippen molar-refractivity contribution in [3.05, 3.63) is 13.8 Å². The van der Waals surface area contributed by atoms with Crippen molar-refractivity contribution in [3.63, 3.8) is 0 Å². The Morgan fingerprint density at radius 1 is 0.478 bits per heavy atom. The molecule has 0 aliphatic rings. The number of unbranched alkanes of at least 4 members (excludes halogenated alkanes) is 14. The molecule has 138 valence electrons. The summed E-state index contributed by atoms with van der Waals surface area (Å²) in [6, 6.07) is 0. The largest absolute Gasteiger partial charge is 0.0651 e. The van der Waals surface area contributed by atoms with Gasteiger partial charge in [0.15, 0.2) is 0 Å². The number of hydrogen-bond donors (Lipinski definition) is 0. The first kappa shape index (κ1) is 23.0. The lowest BCUT2D eigenvalue weighted by Crippen LogP contribution is -1.99. The second kappa shape index (κ2) is 20.0. The fraction of sp³-hybridized carbons (Fsp3) is 0.913. The van der Waals surface area contributed by atoms with E-state index >= 15 is 0 Å². The van der Waals surface area contributed by atoms with E-state index in [1.54, 1.807) is 0 Å². The lowest BCUT2D eigenvalue weighted by molar-refractivity contribution is 0.392. The van der Waals surface area contributed by atoms with Gasteiger partial charge in [0.1, 0.15) is 0 Å². The summed E-state index contributed by atoms with van der Waals surface area (Å²) in [6.07, 6.45) is 26.6. The average Bonchev–Trinajstić information content (AvgIpc) is 2.57. The average molecular weight is 323 g/mol. The zero-order valence-electron chi connectivity index (χ0n) is 16.4. The maximum absolute atomic E-state index is 3.92. The van der Waals surface area contributed by atoms with Crippen LogP contribution in [0.5, 0.6) is 0 Å². The van der Waals surface area contributed by atoms with Crippen LogP contribution in [0.4, 0.5) is 0 Å². The molecule has 0 aromatic heterocycles. The van der Waals surface area contributed by atoms with Crippen LogP contribution in [0.1, 0.15) is 129 Å². The molecule has 0 aromatic carbocycles. The zero-order valence-corrected chi connectivity index (χ0v) is 16.4. The van der Waals surface area contributed by atoms with Crippen molar-refractivity contribution in [3.8, 4) is 0 Å². The highest BCUT2D eigenvalue weighted by molar-refractivity contribution is 4.59. The number of rotatable bonds is 19. The van der Waals surface area contributed by atoms with Crippen LogP contribution in [0.2, 0.25) is 0 Å². The van der Waals surface area contributed by atoms with Crippen LogP contribution in [-0.4, -0.2) is 0 Å². The molecule has 0 heteroatoms. The quantitative estimate of drug-likeness (QED) is 0.209. The smallest absolute Gasteiger partial charge is 0.0417 e. The molecular weight excluding hydrogens is 276 g/mol. The van der Waals surface area contributed by atoms with E-state index < -0.39 is 0 Å². The molecule has 2 radical (unpaired) electrons.